The Labute approximate surface area is 94.4 Å². The van der Waals surface area contributed by atoms with Crippen LogP contribution in [0.3, 0.4) is 0 Å². The van der Waals surface area contributed by atoms with Gasteiger partial charge >= 0.3 is 5.97 Å². The van der Waals surface area contributed by atoms with Gasteiger partial charge in [0, 0.05) is 6.42 Å². The summed E-state index contributed by atoms with van der Waals surface area (Å²) < 4.78 is 13.0. The number of carboxylic acid groups (broad SMARTS) is 1. The summed E-state index contributed by atoms with van der Waals surface area (Å²) in [6.45, 7) is 3.61. The Hall–Kier alpha value is -1.64. The van der Waals surface area contributed by atoms with E-state index in [0.29, 0.717) is 12.0 Å². The van der Waals surface area contributed by atoms with Crippen molar-refractivity contribution in [3.63, 3.8) is 0 Å². The highest BCUT2D eigenvalue weighted by Gasteiger charge is 2.01. The van der Waals surface area contributed by atoms with Crippen molar-refractivity contribution in [2.75, 3.05) is 0 Å². The van der Waals surface area contributed by atoms with Crippen molar-refractivity contribution >= 4 is 11.5 Å². The maximum atomic E-state index is 13.0. The lowest BCUT2D eigenvalue weighted by Crippen LogP contribution is -1.92. The molecule has 0 amide bonds. The van der Waals surface area contributed by atoms with Crippen LogP contribution in [-0.2, 0) is 4.79 Å². The summed E-state index contributed by atoms with van der Waals surface area (Å²) in [4.78, 5) is 10.3. The van der Waals surface area contributed by atoms with E-state index in [0.717, 1.165) is 11.1 Å². The lowest BCUT2D eigenvalue weighted by atomic mass is 10.0. The molecule has 0 aliphatic heterocycles. The summed E-state index contributed by atoms with van der Waals surface area (Å²) >= 11 is 0. The monoisotopic (exact) mass is 222 g/mol. The van der Waals surface area contributed by atoms with Crippen molar-refractivity contribution < 1.29 is 14.3 Å². The summed E-state index contributed by atoms with van der Waals surface area (Å²) in [5, 5.41) is 8.50. The molecule has 0 aromatic heterocycles. The normalized spacial score (nSPS) is 11.6. The summed E-state index contributed by atoms with van der Waals surface area (Å²) in [5.74, 6) is -1.03. The maximum absolute atomic E-state index is 13.0. The predicted molar refractivity (Wildman–Crippen MR) is 61.7 cm³/mol. The molecule has 0 radical (unpaired) electrons. The first kappa shape index (κ1) is 12.4. The molecule has 0 atom stereocenters. The third kappa shape index (κ3) is 3.50. The van der Waals surface area contributed by atoms with Gasteiger partial charge < -0.3 is 5.11 Å². The van der Waals surface area contributed by atoms with Crippen molar-refractivity contribution in [3.05, 3.63) is 41.2 Å². The first-order chi connectivity index (χ1) is 7.50. The molecule has 16 heavy (non-hydrogen) atoms. The van der Waals surface area contributed by atoms with Gasteiger partial charge in [0.2, 0.25) is 0 Å². The third-order valence-electron chi connectivity index (χ3n) is 2.42. The van der Waals surface area contributed by atoms with E-state index < -0.39 is 5.97 Å². The van der Waals surface area contributed by atoms with E-state index in [1.165, 1.54) is 6.07 Å². The number of carboxylic acids is 1. The maximum Gasteiger partial charge on any atom is 0.303 e. The number of hydrogen-bond acceptors (Lipinski definition) is 1. The fraction of sp³-hybridized carbons (Fsp3) is 0.308. The summed E-state index contributed by atoms with van der Waals surface area (Å²) in [5.41, 5.74) is 2.51. The minimum Gasteiger partial charge on any atom is -0.481 e. The Kier molecular flexibility index (Phi) is 4.23. The Morgan fingerprint density at radius 1 is 1.50 bits per heavy atom. The molecule has 0 aliphatic rings. The van der Waals surface area contributed by atoms with Crippen LogP contribution in [0.4, 0.5) is 4.39 Å². The Morgan fingerprint density at radius 3 is 2.75 bits per heavy atom. The van der Waals surface area contributed by atoms with Crippen LogP contribution in [0.2, 0.25) is 0 Å². The second-order valence-corrected chi connectivity index (χ2v) is 3.78. The van der Waals surface area contributed by atoms with Crippen LogP contribution >= 0.6 is 0 Å². The average molecular weight is 222 g/mol. The number of halogens is 1. The molecule has 0 fully saturated rings. The molecule has 0 saturated heterocycles. The molecular formula is C13H15FO2. The molecule has 3 heteroatoms. The molecule has 0 unspecified atom stereocenters. The molecular weight excluding hydrogens is 207 g/mol. The van der Waals surface area contributed by atoms with Gasteiger partial charge in [-0.1, -0.05) is 12.1 Å². The SMILES string of the molecule is C/C(=C\CCC(=O)O)c1ccc(F)c(C)c1. The van der Waals surface area contributed by atoms with Gasteiger partial charge in [-0.2, -0.15) is 0 Å². The van der Waals surface area contributed by atoms with Gasteiger partial charge in [0.1, 0.15) is 5.82 Å². The van der Waals surface area contributed by atoms with E-state index in [2.05, 4.69) is 0 Å². The number of aryl methyl sites for hydroxylation is 1. The molecule has 0 spiro atoms. The third-order valence-corrected chi connectivity index (χ3v) is 2.42. The van der Waals surface area contributed by atoms with Crippen molar-refractivity contribution in [1.82, 2.24) is 0 Å². The fourth-order valence-electron chi connectivity index (χ4n) is 1.42. The molecule has 86 valence electrons. The van der Waals surface area contributed by atoms with Gasteiger partial charge in [-0.3, -0.25) is 4.79 Å². The average Bonchev–Trinajstić information content (AvgIpc) is 2.21. The van der Waals surface area contributed by atoms with E-state index in [-0.39, 0.29) is 12.2 Å². The summed E-state index contributed by atoms with van der Waals surface area (Å²) in [7, 11) is 0. The number of hydrogen-bond donors (Lipinski definition) is 1. The highest BCUT2D eigenvalue weighted by Crippen LogP contribution is 2.18. The molecule has 0 saturated carbocycles. The Balaban J connectivity index is 2.75. The lowest BCUT2D eigenvalue weighted by Gasteiger charge is -2.03. The first-order valence-electron chi connectivity index (χ1n) is 5.16. The van der Waals surface area contributed by atoms with Gasteiger partial charge in [-0.15, -0.1) is 0 Å². The van der Waals surface area contributed by atoms with E-state index >= 15 is 0 Å². The summed E-state index contributed by atoms with van der Waals surface area (Å²) in [6.07, 6.45) is 2.48. The molecule has 2 nitrogen and oxygen atoms in total. The first-order valence-corrected chi connectivity index (χ1v) is 5.16. The van der Waals surface area contributed by atoms with Crippen molar-refractivity contribution in [2.24, 2.45) is 0 Å². The van der Waals surface area contributed by atoms with Gasteiger partial charge in [0.25, 0.3) is 0 Å². The van der Waals surface area contributed by atoms with Crippen LogP contribution in [0.1, 0.15) is 30.9 Å². The Bertz CT molecular complexity index is 422. The highest BCUT2D eigenvalue weighted by atomic mass is 19.1. The molecule has 1 rings (SSSR count). The van der Waals surface area contributed by atoms with E-state index in [1.54, 1.807) is 19.1 Å². The van der Waals surface area contributed by atoms with Crippen LogP contribution in [0.25, 0.3) is 5.57 Å². The quantitative estimate of drug-likeness (QED) is 0.847. The Morgan fingerprint density at radius 2 is 2.19 bits per heavy atom. The predicted octanol–water partition coefficient (Wildman–Crippen LogP) is 3.40. The van der Waals surface area contributed by atoms with Crippen molar-refractivity contribution in [1.29, 1.82) is 0 Å². The standard InChI is InChI=1S/C13H15FO2/c1-9(4-3-5-13(15)16)11-6-7-12(14)10(2)8-11/h4,6-8H,3,5H2,1-2H3,(H,15,16)/b9-4+. The minimum atomic E-state index is -0.806. The lowest BCUT2D eigenvalue weighted by molar-refractivity contribution is -0.136. The van der Waals surface area contributed by atoms with E-state index in [9.17, 15) is 9.18 Å². The zero-order valence-electron chi connectivity index (χ0n) is 9.46. The van der Waals surface area contributed by atoms with E-state index in [4.69, 9.17) is 5.11 Å². The number of allylic oxidation sites excluding steroid dienone is 2. The molecule has 0 bridgehead atoms. The van der Waals surface area contributed by atoms with Crippen LogP contribution < -0.4 is 0 Å². The zero-order valence-corrected chi connectivity index (χ0v) is 9.46. The second kappa shape index (κ2) is 5.45. The van der Waals surface area contributed by atoms with Crippen LogP contribution in [0.15, 0.2) is 24.3 Å². The van der Waals surface area contributed by atoms with Crippen LogP contribution in [-0.4, -0.2) is 11.1 Å². The topological polar surface area (TPSA) is 37.3 Å². The van der Waals surface area contributed by atoms with Crippen molar-refractivity contribution in [3.8, 4) is 0 Å². The van der Waals surface area contributed by atoms with Gasteiger partial charge in [0.05, 0.1) is 0 Å². The van der Waals surface area contributed by atoms with Gasteiger partial charge in [0.15, 0.2) is 0 Å². The zero-order chi connectivity index (χ0) is 12.1. The van der Waals surface area contributed by atoms with Crippen molar-refractivity contribution in [2.45, 2.75) is 26.7 Å². The molecule has 1 aromatic carbocycles. The number of rotatable bonds is 4. The number of benzene rings is 1. The number of carbonyl (C=O) groups is 1. The minimum absolute atomic E-state index is 0.123. The molecule has 1 N–H and O–H groups in total. The molecule has 0 heterocycles. The molecule has 0 aliphatic carbocycles. The highest BCUT2D eigenvalue weighted by molar-refractivity contribution is 5.68. The fourth-order valence-corrected chi connectivity index (χ4v) is 1.42. The molecule has 1 aromatic rings. The number of aliphatic carboxylic acids is 1. The second-order valence-electron chi connectivity index (χ2n) is 3.78. The summed E-state index contributed by atoms with van der Waals surface area (Å²) in [6, 6.07) is 4.90. The van der Waals surface area contributed by atoms with E-state index in [1.807, 2.05) is 13.0 Å². The van der Waals surface area contributed by atoms with Crippen LogP contribution in [0.5, 0.6) is 0 Å². The smallest absolute Gasteiger partial charge is 0.303 e. The largest absolute Gasteiger partial charge is 0.481 e. The van der Waals surface area contributed by atoms with Gasteiger partial charge in [-0.25, -0.2) is 4.39 Å². The van der Waals surface area contributed by atoms with Gasteiger partial charge in [-0.05, 0) is 49.1 Å². The van der Waals surface area contributed by atoms with Crippen LogP contribution in [0, 0.1) is 12.7 Å².